The molecule has 0 spiro atoms. The second kappa shape index (κ2) is 7.43. The number of halogens is 4. The molecule has 0 fully saturated rings. The fourth-order valence-corrected chi connectivity index (χ4v) is 2.93. The minimum Gasteiger partial charge on any atom is -0.271 e. The number of benzene rings is 2. The van der Waals surface area contributed by atoms with Crippen molar-refractivity contribution in [3.05, 3.63) is 68.4 Å². The molecule has 0 aromatic heterocycles. The molecule has 21 heavy (non-hydrogen) atoms. The van der Waals surface area contributed by atoms with Gasteiger partial charge in [0.25, 0.3) is 0 Å². The first kappa shape index (κ1) is 16.5. The van der Waals surface area contributed by atoms with Crippen molar-refractivity contribution in [2.75, 3.05) is 0 Å². The molecule has 0 radical (unpaired) electrons. The van der Waals surface area contributed by atoms with E-state index in [-0.39, 0.29) is 11.9 Å². The van der Waals surface area contributed by atoms with E-state index >= 15 is 0 Å². The molecule has 3 N–H and O–H groups in total. The monoisotopic (exact) mass is 346 g/mol. The van der Waals surface area contributed by atoms with Gasteiger partial charge in [-0.15, -0.1) is 0 Å². The zero-order valence-corrected chi connectivity index (χ0v) is 13.3. The van der Waals surface area contributed by atoms with Crippen LogP contribution in [0, 0.1) is 5.82 Å². The molecule has 6 heteroatoms. The summed E-state index contributed by atoms with van der Waals surface area (Å²) in [6.45, 7) is 0. The summed E-state index contributed by atoms with van der Waals surface area (Å²) in [4.78, 5) is 0. The molecule has 2 aromatic rings. The van der Waals surface area contributed by atoms with Crippen LogP contribution in [0.3, 0.4) is 0 Å². The van der Waals surface area contributed by atoms with Crippen molar-refractivity contribution in [1.29, 1.82) is 0 Å². The zero-order chi connectivity index (χ0) is 15.4. The van der Waals surface area contributed by atoms with Crippen LogP contribution in [-0.2, 0) is 12.8 Å². The van der Waals surface area contributed by atoms with Gasteiger partial charge in [0.1, 0.15) is 5.82 Å². The van der Waals surface area contributed by atoms with E-state index in [1.54, 1.807) is 30.3 Å². The zero-order valence-electron chi connectivity index (χ0n) is 11.0. The highest BCUT2D eigenvalue weighted by Gasteiger charge is 2.17. The summed E-state index contributed by atoms with van der Waals surface area (Å²) in [5.41, 5.74) is 3.86. The smallest absolute Gasteiger partial charge is 0.127 e. The highest BCUT2D eigenvalue weighted by Crippen LogP contribution is 2.27. The lowest BCUT2D eigenvalue weighted by Gasteiger charge is -2.18. The number of rotatable bonds is 5. The van der Waals surface area contributed by atoms with Crippen LogP contribution in [0.25, 0.3) is 0 Å². The molecule has 2 rings (SSSR count). The Balaban J connectivity index is 2.21. The standard InChI is InChI=1S/C15H14Cl3FN2/c16-12-3-1-4-13(17)10(12)7-9(21-20)8-11-14(18)5-2-6-15(11)19/h1-6,9,21H,7-8,20H2. The normalized spacial score (nSPS) is 12.4. The van der Waals surface area contributed by atoms with Gasteiger partial charge in [-0.1, -0.05) is 46.9 Å². The molecule has 0 aliphatic rings. The molecule has 0 bridgehead atoms. The predicted octanol–water partition coefficient (Wildman–Crippen LogP) is 4.40. The van der Waals surface area contributed by atoms with Crippen LogP contribution >= 0.6 is 34.8 Å². The van der Waals surface area contributed by atoms with Crippen molar-refractivity contribution in [3.63, 3.8) is 0 Å². The van der Waals surface area contributed by atoms with Crippen LogP contribution in [0.15, 0.2) is 36.4 Å². The number of hydrazine groups is 1. The van der Waals surface area contributed by atoms with Crippen molar-refractivity contribution < 1.29 is 4.39 Å². The Bertz CT molecular complexity index is 540. The molecule has 0 saturated heterocycles. The van der Waals surface area contributed by atoms with Crippen LogP contribution in [0.1, 0.15) is 11.1 Å². The molecule has 2 nitrogen and oxygen atoms in total. The van der Waals surface area contributed by atoms with Crippen molar-refractivity contribution in [3.8, 4) is 0 Å². The minimum atomic E-state index is -0.354. The van der Waals surface area contributed by atoms with E-state index in [1.807, 2.05) is 0 Å². The molecule has 0 aliphatic carbocycles. The van der Waals surface area contributed by atoms with Crippen LogP contribution in [0.2, 0.25) is 15.1 Å². The Labute approximate surface area is 138 Å². The second-order valence-electron chi connectivity index (χ2n) is 4.67. The third kappa shape index (κ3) is 4.09. The van der Waals surface area contributed by atoms with E-state index in [0.29, 0.717) is 33.5 Å². The Morgan fingerprint density at radius 3 is 1.90 bits per heavy atom. The summed E-state index contributed by atoms with van der Waals surface area (Å²) >= 11 is 18.3. The molecule has 1 atom stereocenters. The maximum Gasteiger partial charge on any atom is 0.127 e. The van der Waals surface area contributed by atoms with Crippen LogP contribution in [0.4, 0.5) is 4.39 Å². The van der Waals surface area contributed by atoms with Crippen LogP contribution < -0.4 is 11.3 Å². The van der Waals surface area contributed by atoms with Gasteiger partial charge in [0.15, 0.2) is 0 Å². The summed E-state index contributed by atoms with van der Waals surface area (Å²) in [6.07, 6.45) is 0.809. The number of hydrogen-bond donors (Lipinski definition) is 2. The lowest BCUT2D eigenvalue weighted by Crippen LogP contribution is -2.38. The van der Waals surface area contributed by atoms with Crippen LogP contribution in [-0.4, -0.2) is 6.04 Å². The van der Waals surface area contributed by atoms with Gasteiger partial charge in [0, 0.05) is 26.7 Å². The fourth-order valence-electron chi connectivity index (χ4n) is 2.14. The molecular weight excluding hydrogens is 334 g/mol. The summed E-state index contributed by atoms with van der Waals surface area (Å²) in [6, 6.07) is 9.63. The summed E-state index contributed by atoms with van der Waals surface area (Å²) < 4.78 is 13.8. The van der Waals surface area contributed by atoms with Gasteiger partial charge in [-0.25, -0.2) is 4.39 Å². The van der Waals surface area contributed by atoms with E-state index in [2.05, 4.69) is 5.43 Å². The molecule has 112 valence electrons. The van der Waals surface area contributed by atoms with Gasteiger partial charge >= 0.3 is 0 Å². The van der Waals surface area contributed by atoms with Crippen molar-refractivity contribution in [1.82, 2.24) is 5.43 Å². The van der Waals surface area contributed by atoms with E-state index in [1.165, 1.54) is 6.07 Å². The highest BCUT2D eigenvalue weighted by atomic mass is 35.5. The fraction of sp³-hybridized carbons (Fsp3) is 0.200. The summed E-state index contributed by atoms with van der Waals surface area (Å²) in [5, 5.41) is 1.49. The Morgan fingerprint density at radius 2 is 1.38 bits per heavy atom. The van der Waals surface area contributed by atoms with Crippen molar-refractivity contribution >= 4 is 34.8 Å². The number of nitrogens with one attached hydrogen (secondary N) is 1. The number of hydrogen-bond acceptors (Lipinski definition) is 2. The maximum absolute atomic E-state index is 13.8. The topological polar surface area (TPSA) is 38.0 Å². The molecule has 2 aromatic carbocycles. The van der Waals surface area contributed by atoms with E-state index < -0.39 is 0 Å². The van der Waals surface area contributed by atoms with E-state index in [0.717, 1.165) is 5.56 Å². The Morgan fingerprint density at radius 1 is 0.905 bits per heavy atom. The molecule has 1 unspecified atom stereocenters. The molecule has 0 amide bonds. The van der Waals surface area contributed by atoms with Gasteiger partial charge in [0.05, 0.1) is 0 Å². The first-order chi connectivity index (χ1) is 10.0. The number of nitrogens with two attached hydrogens (primary N) is 1. The third-order valence-corrected chi connectivity index (χ3v) is 4.32. The predicted molar refractivity (Wildman–Crippen MR) is 86.4 cm³/mol. The third-order valence-electron chi connectivity index (χ3n) is 3.26. The average molecular weight is 348 g/mol. The van der Waals surface area contributed by atoms with Gasteiger partial charge in [-0.3, -0.25) is 11.3 Å². The van der Waals surface area contributed by atoms with Crippen molar-refractivity contribution in [2.24, 2.45) is 5.84 Å². The van der Waals surface area contributed by atoms with Gasteiger partial charge in [-0.05, 0) is 42.7 Å². The molecule has 0 saturated carbocycles. The maximum atomic E-state index is 13.8. The second-order valence-corrected chi connectivity index (χ2v) is 5.89. The Hall–Kier alpha value is -0.840. The largest absolute Gasteiger partial charge is 0.271 e. The molecular formula is C15H14Cl3FN2. The molecule has 0 aliphatic heterocycles. The first-order valence-electron chi connectivity index (χ1n) is 6.34. The minimum absolute atomic E-state index is 0.239. The quantitative estimate of drug-likeness (QED) is 0.621. The Kier molecular flexibility index (Phi) is 5.85. The lowest BCUT2D eigenvalue weighted by molar-refractivity contribution is 0.506. The SMILES string of the molecule is NNC(Cc1c(F)cccc1Cl)Cc1c(Cl)cccc1Cl. The summed E-state index contributed by atoms with van der Waals surface area (Å²) in [5.74, 6) is 5.21. The van der Waals surface area contributed by atoms with E-state index in [4.69, 9.17) is 40.6 Å². The average Bonchev–Trinajstić information content (AvgIpc) is 2.45. The van der Waals surface area contributed by atoms with Crippen LogP contribution in [0.5, 0.6) is 0 Å². The lowest BCUT2D eigenvalue weighted by atomic mass is 9.99. The van der Waals surface area contributed by atoms with Gasteiger partial charge in [0.2, 0.25) is 0 Å². The molecule has 0 heterocycles. The highest BCUT2D eigenvalue weighted by molar-refractivity contribution is 6.36. The first-order valence-corrected chi connectivity index (χ1v) is 7.48. The van der Waals surface area contributed by atoms with Gasteiger partial charge < -0.3 is 0 Å². The van der Waals surface area contributed by atoms with E-state index in [9.17, 15) is 4.39 Å². The van der Waals surface area contributed by atoms with Crippen molar-refractivity contribution in [2.45, 2.75) is 18.9 Å². The summed E-state index contributed by atoms with van der Waals surface area (Å²) in [7, 11) is 0. The van der Waals surface area contributed by atoms with Gasteiger partial charge in [-0.2, -0.15) is 0 Å².